The Morgan fingerprint density at radius 2 is 1.61 bits per heavy atom. The second-order valence-corrected chi connectivity index (χ2v) is 12.1. The molecule has 6 rings (SSSR count). The molecule has 0 saturated carbocycles. The number of thioether (sulfide) groups is 1. The highest BCUT2D eigenvalue weighted by molar-refractivity contribution is 7.99. The smallest absolute Gasteiger partial charge is 0.296 e. The van der Waals surface area contributed by atoms with Crippen molar-refractivity contribution in [2.45, 2.75) is 16.7 Å². The number of rotatable bonds is 7. The molecule has 0 amide bonds. The molecule has 0 radical (unpaired) electrons. The highest BCUT2D eigenvalue weighted by atomic mass is 32.2. The van der Waals surface area contributed by atoms with Crippen LogP contribution in [0.5, 0.6) is 0 Å². The van der Waals surface area contributed by atoms with Crippen molar-refractivity contribution in [1.29, 1.82) is 0 Å². The monoisotopic (exact) mass is 582 g/mol. The lowest BCUT2D eigenvalue weighted by molar-refractivity contribution is 0.102. The number of carbonyl (C=O) groups excluding carboxylic acids is 2. The van der Waals surface area contributed by atoms with Gasteiger partial charge in [-0.25, -0.2) is 0 Å². The summed E-state index contributed by atoms with van der Waals surface area (Å²) in [5, 5.41) is 3.22. The van der Waals surface area contributed by atoms with Gasteiger partial charge in [-0.1, -0.05) is 67.6 Å². The van der Waals surface area contributed by atoms with Crippen molar-refractivity contribution in [3.8, 4) is 11.1 Å². The van der Waals surface area contributed by atoms with Crippen LogP contribution in [0.2, 0.25) is 0 Å². The zero-order valence-electron chi connectivity index (χ0n) is 21.6. The van der Waals surface area contributed by atoms with Gasteiger partial charge in [-0.05, 0) is 35.6 Å². The Balaban J connectivity index is 1.75. The zero-order chi connectivity index (χ0) is 28.9. The van der Waals surface area contributed by atoms with Crippen molar-refractivity contribution in [3.05, 3.63) is 118 Å². The van der Waals surface area contributed by atoms with Crippen molar-refractivity contribution in [1.82, 2.24) is 4.98 Å². The van der Waals surface area contributed by atoms with Crippen LogP contribution in [0, 0.1) is 0 Å². The molecule has 0 fully saturated rings. The number of nitrogens with one attached hydrogen (secondary N) is 2. The van der Waals surface area contributed by atoms with E-state index in [0.717, 1.165) is 16.7 Å². The van der Waals surface area contributed by atoms with Crippen molar-refractivity contribution < 1.29 is 22.6 Å². The summed E-state index contributed by atoms with van der Waals surface area (Å²) >= 11 is 1.61. The van der Waals surface area contributed by atoms with Gasteiger partial charge in [0.1, 0.15) is 4.90 Å². The van der Waals surface area contributed by atoms with Gasteiger partial charge in [-0.2, -0.15) is 8.42 Å². The number of carbonyl (C=O) groups is 2. The standard InChI is InChI=1S/C31H22N2O6S2/c1-2-40-19-12-8-11-18(15-19)32-22-16-23(41(37,38)39)28-26-24(20-13-6-7-14-21(20)30(35)25(22)26)27(31(36)33-28)29(34)17-9-4-3-5-10-17/h3-16,32H,2H2,1H3,(H,33,36)(H,37,38,39). The summed E-state index contributed by atoms with van der Waals surface area (Å²) in [4.78, 5) is 44.2. The quantitative estimate of drug-likeness (QED) is 0.117. The summed E-state index contributed by atoms with van der Waals surface area (Å²) in [7, 11) is -4.89. The van der Waals surface area contributed by atoms with Gasteiger partial charge in [-0.15, -0.1) is 11.8 Å². The largest absolute Gasteiger partial charge is 0.355 e. The number of hydrogen-bond donors (Lipinski definition) is 3. The Labute approximate surface area is 239 Å². The van der Waals surface area contributed by atoms with Crippen LogP contribution in [-0.4, -0.2) is 35.3 Å². The molecule has 3 N–H and O–H groups in total. The molecular weight excluding hydrogens is 560 g/mol. The van der Waals surface area contributed by atoms with Crippen LogP contribution < -0.4 is 10.9 Å². The highest BCUT2D eigenvalue weighted by Gasteiger charge is 2.35. The van der Waals surface area contributed by atoms with Gasteiger partial charge in [0.05, 0.1) is 22.3 Å². The normalized spacial score (nSPS) is 12.3. The van der Waals surface area contributed by atoms with Crippen LogP contribution in [0.1, 0.15) is 38.8 Å². The van der Waals surface area contributed by atoms with Crippen LogP contribution >= 0.6 is 11.8 Å². The fourth-order valence-corrected chi connectivity index (χ4v) is 6.62. The van der Waals surface area contributed by atoms with Gasteiger partial charge in [0, 0.05) is 32.7 Å². The van der Waals surface area contributed by atoms with E-state index < -0.39 is 32.1 Å². The average molecular weight is 583 g/mol. The van der Waals surface area contributed by atoms with Gasteiger partial charge in [-0.3, -0.25) is 18.9 Å². The van der Waals surface area contributed by atoms with Gasteiger partial charge >= 0.3 is 0 Å². The fraction of sp³-hybridized carbons (Fsp3) is 0.0645. The van der Waals surface area contributed by atoms with Crippen LogP contribution in [0.3, 0.4) is 0 Å². The third kappa shape index (κ3) is 4.55. The second-order valence-electron chi connectivity index (χ2n) is 9.38. The van der Waals surface area contributed by atoms with Crippen LogP contribution in [0.25, 0.3) is 22.0 Å². The first-order valence-corrected chi connectivity index (χ1v) is 15.1. The minimum atomic E-state index is -4.89. The molecule has 0 bridgehead atoms. The third-order valence-electron chi connectivity index (χ3n) is 6.89. The third-order valence-corrected chi connectivity index (χ3v) is 8.64. The molecule has 1 aliphatic rings. The van der Waals surface area contributed by atoms with E-state index in [2.05, 4.69) is 10.3 Å². The Kier molecular flexibility index (Phi) is 6.61. The number of aromatic amines is 1. The number of benzene rings is 4. The van der Waals surface area contributed by atoms with Crippen LogP contribution in [0.15, 0.2) is 99.5 Å². The maximum Gasteiger partial charge on any atom is 0.296 e. The summed E-state index contributed by atoms with van der Waals surface area (Å²) in [6.45, 7) is 2.02. The van der Waals surface area contributed by atoms with Crippen molar-refractivity contribution in [2.24, 2.45) is 0 Å². The van der Waals surface area contributed by atoms with E-state index in [0.29, 0.717) is 11.3 Å². The highest BCUT2D eigenvalue weighted by Crippen LogP contribution is 2.45. The average Bonchev–Trinajstić information content (AvgIpc) is 2.95. The molecule has 5 aromatic rings. The van der Waals surface area contributed by atoms with E-state index in [4.69, 9.17) is 0 Å². The number of H-pyrrole nitrogens is 1. The lowest BCUT2D eigenvalue weighted by atomic mass is 9.80. The zero-order valence-corrected chi connectivity index (χ0v) is 23.2. The summed E-state index contributed by atoms with van der Waals surface area (Å²) in [6.07, 6.45) is 0. The van der Waals surface area contributed by atoms with E-state index in [1.54, 1.807) is 72.4 Å². The molecule has 1 aliphatic carbocycles. The molecule has 0 spiro atoms. The Morgan fingerprint density at radius 1 is 0.902 bits per heavy atom. The number of fused-ring (bicyclic) bond motifs is 2. The van der Waals surface area contributed by atoms with Crippen LogP contribution in [0.4, 0.5) is 11.4 Å². The summed E-state index contributed by atoms with van der Waals surface area (Å²) < 4.78 is 35.5. The number of aromatic nitrogens is 1. The topological polar surface area (TPSA) is 133 Å². The molecule has 10 heteroatoms. The number of pyridine rings is 1. The fourth-order valence-electron chi connectivity index (χ4n) is 5.22. The molecule has 41 heavy (non-hydrogen) atoms. The summed E-state index contributed by atoms with van der Waals surface area (Å²) in [5.41, 5.74) is 0.394. The predicted octanol–water partition coefficient (Wildman–Crippen LogP) is 6.07. The van der Waals surface area contributed by atoms with Crippen LogP contribution in [-0.2, 0) is 10.1 Å². The molecule has 204 valence electrons. The molecule has 4 aromatic carbocycles. The first-order valence-electron chi connectivity index (χ1n) is 12.7. The maximum atomic E-state index is 14.0. The Bertz CT molecular complexity index is 2070. The molecule has 1 heterocycles. The Hall–Kier alpha value is -4.51. The predicted molar refractivity (Wildman–Crippen MR) is 159 cm³/mol. The van der Waals surface area contributed by atoms with Gasteiger partial charge < -0.3 is 10.3 Å². The van der Waals surface area contributed by atoms with Gasteiger partial charge in [0.2, 0.25) is 0 Å². The Morgan fingerprint density at radius 3 is 2.32 bits per heavy atom. The molecule has 0 aliphatic heterocycles. The van der Waals surface area contributed by atoms with E-state index in [1.165, 1.54) is 0 Å². The summed E-state index contributed by atoms with van der Waals surface area (Å²) in [6, 6.07) is 23.3. The minimum Gasteiger partial charge on any atom is -0.355 e. The number of ketones is 2. The van der Waals surface area contributed by atoms with E-state index in [1.807, 2.05) is 25.1 Å². The van der Waals surface area contributed by atoms with E-state index >= 15 is 0 Å². The molecule has 8 nitrogen and oxygen atoms in total. The van der Waals surface area contributed by atoms with Crippen molar-refractivity contribution in [3.63, 3.8) is 0 Å². The molecule has 0 atom stereocenters. The van der Waals surface area contributed by atoms with Gasteiger partial charge in [0.25, 0.3) is 15.7 Å². The van der Waals surface area contributed by atoms with Crippen molar-refractivity contribution in [2.75, 3.05) is 11.1 Å². The molecule has 0 unspecified atom stereocenters. The minimum absolute atomic E-state index is 0.0595. The number of hydrogen-bond acceptors (Lipinski definition) is 7. The molecular formula is C31H22N2O6S2. The first-order chi connectivity index (χ1) is 19.7. The van der Waals surface area contributed by atoms with E-state index in [-0.39, 0.29) is 44.4 Å². The maximum absolute atomic E-state index is 14.0. The molecule has 1 aromatic heterocycles. The first kappa shape index (κ1) is 26.7. The summed E-state index contributed by atoms with van der Waals surface area (Å²) in [5.74, 6) is -0.177. The lowest BCUT2D eigenvalue weighted by Gasteiger charge is -2.25. The lowest BCUT2D eigenvalue weighted by Crippen LogP contribution is -2.25. The van der Waals surface area contributed by atoms with Crippen molar-refractivity contribution >= 4 is 55.7 Å². The van der Waals surface area contributed by atoms with Gasteiger partial charge in [0.15, 0.2) is 11.6 Å². The SMILES string of the molecule is CCSc1cccc(Nc2cc(S(=O)(=O)O)c3[nH]c(=O)c(C(=O)c4ccccc4)c4c3c2C(=O)c2ccccc2-4)c1. The molecule has 0 saturated heterocycles. The second kappa shape index (κ2) is 10.2. The number of anilines is 2. The van der Waals surface area contributed by atoms with E-state index in [9.17, 15) is 27.4 Å².